The average Bonchev–Trinajstić information content (AvgIpc) is 3.11. The molecule has 0 atom stereocenters. The van der Waals surface area contributed by atoms with Crippen LogP contribution in [0.3, 0.4) is 0 Å². The van der Waals surface area contributed by atoms with Crippen LogP contribution in [0, 0.1) is 33.6 Å². The molecule has 0 aliphatic rings. The maximum absolute atomic E-state index is 12.3. The van der Waals surface area contributed by atoms with Crippen LogP contribution >= 0.6 is 0 Å². The van der Waals surface area contributed by atoms with E-state index in [0.29, 0.717) is 6.54 Å². The Balaban J connectivity index is 1.83. The van der Waals surface area contributed by atoms with Crippen molar-refractivity contribution in [2.75, 3.05) is 6.54 Å². The summed E-state index contributed by atoms with van der Waals surface area (Å²) in [6.07, 6.45) is 3.53. The molecule has 1 heterocycles. The van der Waals surface area contributed by atoms with Crippen LogP contribution in [0.4, 0.5) is 0 Å². The number of hydrogen-bond acceptors (Lipinski definition) is 2. The van der Waals surface area contributed by atoms with Crippen LogP contribution < -0.4 is 5.32 Å². The number of para-hydroxylation sites is 2. The van der Waals surface area contributed by atoms with Gasteiger partial charge in [-0.25, -0.2) is 4.98 Å². The van der Waals surface area contributed by atoms with Crippen molar-refractivity contribution in [1.29, 1.82) is 0 Å². The monoisotopic (exact) mass is 419 g/mol. The molecular weight excluding hydrogens is 382 g/mol. The van der Waals surface area contributed by atoms with Crippen molar-refractivity contribution in [3.05, 3.63) is 64.0 Å². The summed E-state index contributed by atoms with van der Waals surface area (Å²) in [5, 5.41) is 3.11. The van der Waals surface area contributed by atoms with E-state index in [9.17, 15) is 4.79 Å². The number of carbonyl (C=O) groups excluding carboxylic acids is 1. The molecule has 3 aromatic rings. The van der Waals surface area contributed by atoms with Crippen molar-refractivity contribution >= 4 is 16.9 Å². The van der Waals surface area contributed by atoms with Crippen molar-refractivity contribution in [1.82, 2.24) is 14.9 Å². The van der Waals surface area contributed by atoms with E-state index in [1.54, 1.807) is 0 Å². The normalized spacial score (nSPS) is 11.5. The lowest BCUT2D eigenvalue weighted by Crippen LogP contribution is -2.31. The van der Waals surface area contributed by atoms with Gasteiger partial charge in [-0.15, -0.1) is 0 Å². The lowest BCUT2D eigenvalue weighted by molar-refractivity contribution is -0.125. The fourth-order valence-corrected chi connectivity index (χ4v) is 4.45. The third-order valence-electron chi connectivity index (χ3n) is 6.80. The van der Waals surface area contributed by atoms with E-state index >= 15 is 0 Å². The number of hydrogen-bond donors (Lipinski definition) is 1. The number of amides is 1. The number of nitrogens with one attached hydrogen (secondary N) is 1. The molecule has 4 heteroatoms. The molecular formula is C27H37N3O. The molecule has 1 N–H and O–H groups in total. The van der Waals surface area contributed by atoms with Gasteiger partial charge in [-0.05, 0) is 86.9 Å². The maximum atomic E-state index is 12.3. The molecule has 4 nitrogen and oxygen atoms in total. The van der Waals surface area contributed by atoms with Crippen LogP contribution in [0.2, 0.25) is 0 Å². The number of fused-ring (bicyclic) bond motifs is 1. The second-order valence-corrected chi connectivity index (χ2v) is 8.75. The van der Waals surface area contributed by atoms with E-state index in [4.69, 9.17) is 4.98 Å². The van der Waals surface area contributed by atoms with E-state index in [-0.39, 0.29) is 11.8 Å². The molecule has 3 rings (SSSR count). The largest absolute Gasteiger partial charge is 0.356 e. The van der Waals surface area contributed by atoms with Crippen LogP contribution in [-0.4, -0.2) is 22.0 Å². The molecule has 0 radical (unpaired) electrons. The van der Waals surface area contributed by atoms with Crippen LogP contribution in [0.15, 0.2) is 30.3 Å². The van der Waals surface area contributed by atoms with Gasteiger partial charge in [-0.2, -0.15) is 0 Å². The highest BCUT2D eigenvalue weighted by Gasteiger charge is 2.16. The topological polar surface area (TPSA) is 46.9 Å². The van der Waals surface area contributed by atoms with E-state index in [1.165, 1.54) is 33.3 Å². The third kappa shape index (κ3) is 5.00. The van der Waals surface area contributed by atoms with Gasteiger partial charge in [-0.1, -0.05) is 32.0 Å². The minimum Gasteiger partial charge on any atom is -0.356 e. The fraction of sp³-hybridized carbons (Fsp3) is 0.481. The summed E-state index contributed by atoms with van der Waals surface area (Å²) >= 11 is 0. The molecule has 2 aromatic carbocycles. The van der Waals surface area contributed by atoms with Gasteiger partial charge in [0.1, 0.15) is 5.82 Å². The molecule has 0 unspecified atom stereocenters. The van der Waals surface area contributed by atoms with Crippen molar-refractivity contribution in [3.63, 3.8) is 0 Å². The Morgan fingerprint density at radius 3 is 2.32 bits per heavy atom. The number of benzene rings is 2. The molecule has 31 heavy (non-hydrogen) atoms. The molecule has 1 amide bonds. The Morgan fingerprint density at radius 1 is 1.03 bits per heavy atom. The number of rotatable bonds is 9. The summed E-state index contributed by atoms with van der Waals surface area (Å²) in [7, 11) is 0. The first kappa shape index (κ1) is 23.1. The Kier molecular flexibility index (Phi) is 7.53. The number of aryl methyl sites for hydroxylation is 3. The zero-order valence-corrected chi connectivity index (χ0v) is 20.0. The average molecular weight is 420 g/mol. The maximum Gasteiger partial charge on any atom is 0.223 e. The Morgan fingerprint density at radius 2 is 1.68 bits per heavy atom. The molecule has 0 spiro atoms. The van der Waals surface area contributed by atoms with E-state index in [1.807, 2.05) is 6.07 Å². The summed E-state index contributed by atoms with van der Waals surface area (Å²) in [6, 6.07) is 10.7. The summed E-state index contributed by atoms with van der Waals surface area (Å²) in [6.45, 7) is 14.5. The van der Waals surface area contributed by atoms with Crippen LogP contribution in [0.25, 0.3) is 11.0 Å². The Bertz CT molecular complexity index is 1030. The molecule has 0 fully saturated rings. The van der Waals surface area contributed by atoms with Gasteiger partial charge in [0, 0.05) is 25.4 Å². The summed E-state index contributed by atoms with van der Waals surface area (Å²) in [5.74, 6) is 1.40. The molecule has 1 aromatic heterocycles. The SMILES string of the molecule is CCC(CC)C(=O)NCCCc1nc2ccccc2n1Cc1c(C)c(C)cc(C)c1C. The highest BCUT2D eigenvalue weighted by molar-refractivity contribution is 5.78. The molecule has 0 aliphatic heterocycles. The fourth-order valence-electron chi connectivity index (χ4n) is 4.45. The number of carbonyl (C=O) groups is 1. The highest BCUT2D eigenvalue weighted by Crippen LogP contribution is 2.26. The Labute approximate surface area is 187 Å². The smallest absolute Gasteiger partial charge is 0.223 e. The minimum atomic E-state index is 0.125. The van der Waals surface area contributed by atoms with Gasteiger partial charge >= 0.3 is 0 Å². The first-order valence-electron chi connectivity index (χ1n) is 11.6. The van der Waals surface area contributed by atoms with Gasteiger partial charge < -0.3 is 9.88 Å². The van der Waals surface area contributed by atoms with Gasteiger partial charge in [-0.3, -0.25) is 4.79 Å². The Hall–Kier alpha value is -2.62. The second kappa shape index (κ2) is 10.1. The van der Waals surface area contributed by atoms with E-state index < -0.39 is 0 Å². The quantitative estimate of drug-likeness (QED) is 0.445. The van der Waals surface area contributed by atoms with Crippen LogP contribution in [0.5, 0.6) is 0 Å². The molecule has 0 saturated heterocycles. The van der Waals surface area contributed by atoms with Crippen molar-refractivity contribution in [2.24, 2.45) is 5.92 Å². The highest BCUT2D eigenvalue weighted by atomic mass is 16.1. The van der Waals surface area contributed by atoms with Gasteiger partial charge in [0.2, 0.25) is 5.91 Å². The number of aromatic nitrogens is 2. The molecule has 0 aliphatic carbocycles. The lowest BCUT2D eigenvalue weighted by atomic mass is 9.94. The van der Waals surface area contributed by atoms with E-state index in [2.05, 4.69) is 75.7 Å². The third-order valence-corrected chi connectivity index (χ3v) is 6.80. The predicted octanol–water partition coefficient (Wildman–Crippen LogP) is 5.80. The van der Waals surface area contributed by atoms with Crippen LogP contribution in [0.1, 0.15) is 66.8 Å². The van der Waals surface area contributed by atoms with Crippen molar-refractivity contribution < 1.29 is 4.79 Å². The molecule has 166 valence electrons. The second-order valence-electron chi connectivity index (χ2n) is 8.75. The van der Waals surface area contributed by atoms with Crippen molar-refractivity contribution in [3.8, 4) is 0 Å². The number of nitrogens with zero attached hydrogens (tertiary/aromatic N) is 2. The molecule has 0 saturated carbocycles. The zero-order chi connectivity index (χ0) is 22.5. The zero-order valence-electron chi connectivity index (χ0n) is 20.0. The standard InChI is InChI=1S/C27H37N3O/c1-7-22(8-2)27(31)28-15-11-14-26-29-24-12-9-10-13-25(24)30(26)17-23-20(5)18(3)16-19(4)21(23)6/h9-10,12-13,16,22H,7-8,11,14-15,17H2,1-6H3,(H,28,31). The summed E-state index contributed by atoms with van der Waals surface area (Å²) < 4.78 is 2.37. The van der Waals surface area contributed by atoms with Gasteiger partial charge in [0.05, 0.1) is 11.0 Å². The summed E-state index contributed by atoms with van der Waals surface area (Å²) in [5.41, 5.74) is 9.02. The minimum absolute atomic E-state index is 0.125. The van der Waals surface area contributed by atoms with Gasteiger partial charge in [0.15, 0.2) is 0 Å². The first-order chi connectivity index (χ1) is 14.9. The predicted molar refractivity (Wildman–Crippen MR) is 130 cm³/mol. The summed E-state index contributed by atoms with van der Waals surface area (Å²) in [4.78, 5) is 17.2. The molecule has 0 bridgehead atoms. The number of imidazole rings is 1. The first-order valence-corrected chi connectivity index (χ1v) is 11.6. The van der Waals surface area contributed by atoms with Crippen LogP contribution in [-0.2, 0) is 17.8 Å². The van der Waals surface area contributed by atoms with Gasteiger partial charge in [0.25, 0.3) is 0 Å². The van der Waals surface area contributed by atoms with Crippen molar-refractivity contribution in [2.45, 2.75) is 73.8 Å². The lowest BCUT2D eigenvalue weighted by Gasteiger charge is -2.18. The van der Waals surface area contributed by atoms with E-state index in [0.717, 1.165) is 43.6 Å².